The Morgan fingerprint density at radius 1 is 1.04 bits per heavy atom. The summed E-state index contributed by atoms with van der Waals surface area (Å²) in [6, 6.07) is 19.9. The number of imidazole rings is 1. The first kappa shape index (κ1) is 15.0. The Morgan fingerprint density at radius 3 is 2.39 bits per heavy atom. The van der Waals surface area contributed by atoms with Crippen LogP contribution in [0.5, 0.6) is 0 Å². The predicted octanol–water partition coefficient (Wildman–Crippen LogP) is 3.96. The zero-order chi connectivity index (χ0) is 16.1. The van der Waals surface area contributed by atoms with Crippen molar-refractivity contribution in [3.8, 4) is 11.3 Å². The van der Waals surface area contributed by atoms with Crippen molar-refractivity contribution < 1.29 is 4.79 Å². The molecule has 4 nitrogen and oxygen atoms in total. The summed E-state index contributed by atoms with van der Waals surface area (Å²) >= 11 is 0. The summed E-state index contributed by atoms with van der Waals surface area (Å²) in [4.78, 5) is 19.7. The SMILES string of the molecule is Cc1[nH]c(NC(=O)CCc2ccccc2)nc1-c1ccccc1. The second-order valence-electron chi connectivity index (χ2n) is 5.46. The van der Waals surface area contributed by atoms with Crippen LogP contribution < -0.4 is 5.32 Å². The molecule has 0 bridgehead atoms. The normalized spacial score (nSPS) is 10.5. The van der Waals surface area contributed by atoms with Crippen LogP contribution in [0.15, 0.2) is 60.7 Å². The molecule has 0 unspecified atom stereocenters. The molecule has 1 aromatic heterocycles. The fourth-order valence-electron chi connectivity index (χ4n) is 2.49. The Morgan fingerprint density at radius 2 is 1.70 bits per heavy atom. The van der Waals surface area contributed by atoms with Crippen LogP contribution in [0.1, 0.15) is 17.7 Å². The largest absolute Gasteiger partial charge is 0.328 e. The fourth-order valence-corrected chi connectivity index (χ4v) is 2.49. The minimum atomic E-state index is -0.0396. The van der Waals surface area contributed by atoms with Crippen LogP contribution in [0.3, 0.4) is 0 Å². The van der Waals surface area contributed by atoms with E-state index in [0.717, 1.165) is 28.9 Å². The third-order valence-corrected chi connectivity index (χ3v) is 3.67. The number of carbonyl (C=O) groups excluding carboxylic acids is 1. The molecule has 0 saturated heterocycles. The first-order chi connectivity index (χ1) is 11.2. The van der Waals surface area contributed by atoms with Crippen LogP contribution in [0.4, 0.5) is 5.95 Å². The molecule has 0 spiro atoms. The molecule has 0 radical (unpaired) electrons. The van der Waals surface area contributed by atoms with E-state index in [9.17, 15) is 4.79 Å². The highest BCUT2D eigenvalue weighted by atomic mass is 16.1. The van der Waals surface area contributed by atoms with Crippen molar-refractivity contribution in [1.82, 2.24) is 9.97 Å². The first-order valence-corrected chi connectivity index (χ1v) is 7.68. The Kier molecular flexibility index (Phi) is 4.52. The lowest BCUT2D eigenvalue weighted by Crippen LogP contribution is -2.13. The van der Waals surface area contributed by atoms with Crippen molar-refractivity contribution in [3.05, 3.63) is 71.9 Å². The summed E-state index contributed by atoms with van der Waals surface area (Å²) in [5.41, 5.74) is 3.99. The quantitative estimate of drug-likeness (QED) is 0.749. The second-order valence-corrected chi connectivity index (χ2v) is 5.46. The van der Waals surface area contributed by atoms with Gasteiger partial charge >= 0.3 is 0 Å². The number of carbonyl (C=O) groups is 1. The average molecular weight is 305 g/mol. The Balaban J connectivity index is 1.63. The molecule has 2 aromatic carbocycles. The van der Waals surface area contributed by atoms with Gasteiger partial charge in [-0.2, -0.15) is 0 Å². The zero-order valence-corrected chi connectivity index (χ0v) is 13.0. The molecule has 3 rings (SSSR count). The number of anilines is 1. The van der Waals surface area contributed by atoms with Crippen LogP contribution in [-0.4, -0.2) is 15.9 Å². The van der Waals surface area contributed by atoms with Gasteiger partial charge in [-0.3, -0.25) is 10.1 Å². The molecular weight excluding hydrogens is 286 g/mol. The molecule has 3 aromatic rings. The molecule has 0 aliphatic carbocycles. The molecule has 1 amide bonds. The molecule has 0 aliphatic heterocycles. The highest BCUT2D eigenvalue weighted by Gasteiger charge is 2.11. The fraction of sp³-hybridized carbons (Fsp3) is 0.158. The van der Waals surface area contributed by atoms with Gasteiger partial charge in [-0.25, -0.2) is 4.98 Å². The van der Waals surface area contributed by atoms with Gasteiger partial charge in [0.25, 0.3) is 0 Å². The topological polar surface area (TPSA) is 57.8 Å². The molecule has 2 N–H and O–H groups in total. The first-order valence-electron chi connectivity index (χ1n) is 7.68. The second kappa shape index (κ2) is 6.92. The molecule has 0 fully saturated rings. The Labute approximate surface area is 135 Å². The van der Waals surface area contributed by atoms with E-state index in [4.69, 9.17) is 0 Å². The minimum Gasteiger partial charge on any atom is -0.328 e. The number of hydrogen-bond donors (Lipinski definition) is 2. The van der Waals surface area contributed by atoms with Gasteiger partial charge in [0.05, 0.1) is 5.69 Å². The highest BCUT2D eigenvalue weighted by Crippen LogP contribution is 2.22. The van der Waals surface area contributed by atoms with Crippen LogP contribution in [0, 0.1) is 6.92 Å². The van der Waals surface area contributed by atoms with Crippen LogP contribution >= 0.6 is 0 Å². The molecule has 0 aliphatic rings. The number of aryl methyl sites for hydroxylation is 2. The van der Waals surface area contributed by atoms with Crippen molar-refractivity contribution >= 4 is 11.9 Å². The number of hydrogen-bond acceptors (Lipinski definition) is 2. The van der Waals surface area contributed by atoms with E-state index in [1.54, 1.807) is 0 Å². The third-order valence-electron chi connectivity index (χ3n) is 3.67. The van der Waals surface area contributed by atoms with Gasteiger partial charge < -0.3 is 4.98 Å². The van der Waals surface area contributed by atoms with Crippen molar-refractivity contribution in [2.45, 2.75) is 19.8 Å². The lowest BCUT2D eigenvalue weighted by molar-refractivity contribution is -0.116. The summed E-state index contributed by atoms with van der Waals surface area (Å²) in [5.74, 6) is 0.460. The number of aromatic nitrogens is 2. The summed E-state index contributed by atoms with van der Waals surface area (Å²) in [6.45, 7) is 1.95. The van der Waals surface area contributed by atoms with Gasteiger partial charge in [0.1, 0.15) is 0 Å². The number of H-pyrrole nitrogens is 1. The Bertz CT molecular complexity index is 779. The number of benzene rings is 2. The van der Waals surface area contributed by atoms with Gasteiger partial charge in [-0.05, 0) is 18.9 Å². The Hall–Kier alpha value is -2.88. The smallest absolute Gasteiger partial charge is 0.227 e. The van der Waals surface area contributed by atoms with E-state index in [1.165, 1.54) is 0 Å². The highest BCUT2D eigenvalue weighted by molar-refractivity contribution is 5.89. The van der Waals surface area contributed by atoms with E-state index < -0.39 is 0 Å². The standard InChI is InChI=1S/C19H19N3O/c1-14-18(16-10-6-3-7-11-16)22-19(20-14)21-17(23)13-12-15-8-4-2-5-9-15/h2-11H,12-13H2,1H3,(H2,20,21,22,23). The maximum Gasteiger partial charge on any atom is 0.227 e. The number of nitrogens with one attached hydrogen (secondary N) is 2. The number of rotatable bonds is 5. The van der Waals surface area contributed by atoms with E-state index in [1.807, 2.05) is 67.6 Å². The molecule has 0 saturated carbocycles. The summed E-state index contributed by atoms with van der Waals surface area (Å²) < 4.78 is 0. The lowest BCUT2D eigenvalue weighted by Gasteiger charge is -2.02. The predicted molar refractivity (Wildman–Crippen MR) is 92.2 cm³/mol. The number of amides is 1. The molecule has 1 heterocycles. The lowest BCUT2D eigenvalue weighted by atomic mass is 10.1. The maximum atomic E-state index is 12.1. The summed E-state index contributed by atoms with van der Waals surface area (Å²) in [5, 5.41) is 2.84. The molecular formula is C19H19N3O. The van der Waals surface area contributed by atoms with Crippen molar-refractivity contribution in [1.29, 1.82) is 0 Å². The molecule has 0 atom stereocenters. The van der Waals surface area contributed by atoms with Crippen LogP contribution in [-0.2, 0) is 11.2 Å². The third kappa shape index (κ3) is 3.86. The van der Waals surface area contributed by atoms with E-state index in [-0.39, 0.29) is 5.91 Å². The van der Waals surface area contributed by atoms with Gasteiger partial charge in [-0.15, -0.1) is 0 Å². The van der Waals surface area contributed by atoms with Crippen LogP contribution in [0.2, 0.25) is 0 Å². The average Bonchev–Trinajstić information content (AvgIpc) is 2.95. The monoisotopic (exact) mass is 305 g/mol. The van der Waals surface area contributed by atoms with Crippen molar-refractivity contribution in [2.75, 3.05) is 5.32 Å². The van der Waals surface area contributed by atoms with Crippen molar-refractivity contribution in [3.63, 3.8) is 0 Å². The minimum absolute atomic E-state index is 0.0396. The van der Waals surface area contributed by atoms with Crippen molar-refractivity contribution in [2.24, 2.45) is 0 Å². The molecule has 4 heteroatoms. The maximum absolute atomic E-state index is 12.1. The summed E-state index contributed by atoms with van der Waals surface area (Å²) in [6.07, 6.45) is 1.16. The number of aromatic amines is 1. The van der Waals surface area contributed by atoms with E-state index in [0.29, 0.717) is 12.4 Å². The number of nitrogens with zero attached hydrogens (tertiary/aromatic N) is 1. The molecule has 116 valence electrons. The molecule has 23 heavy (non-hydrogen) atoms. The van der Waals surface area contributed by atoms with Gasteiger partial charge in [-0.1, -0.05) is 60.7 Å². The van der Waals surface area contributed by atoms with E-state index >= 15 is 0 Å². The van der Waals surface area contributed by atoms with Gasteiger partial charge in [0.2, 0.25) is 11.9 Å². The van der Waals surface area contributed by atoms with Gasteiger partial charge in [0.15, 0.2) is 0 Å². The van der Waals surface area contributed by atoms with Crippen LogP contribution in [0.25, 0.3) is 11.3 Å². The zero-order valence-electron chi connectivity index (χ0n) is 13.0. The van der Waals surface area contributed by atoms with Gasteiger partial charge in [0, 0.05) is 17.7 Å². The van der Waals surface area contributed by atoms with E-state index in [2.05, 4.69) is 15.3 Å². The summed E-state index contributed by atoms with van der Waals surface area (Å²) in [7, 11) is 0.